The van der Waals surface area contributed by atoms with Crippen LogP contribution >= 0.6 is 0 Å². The third-order valence-electron chi connectivity index (χ3n) is 2.78. The molecule has 3 rings (SSSR count). The van der Waals surface area contributed by atoms with Crippen LogP contribution < -0.4 is 5.73 Å². The van der Waals surface area contributed by atoms with Gasteiger partial charge in [0.2, 0.25) is 5.95 Å². The van der Waals surface area contributed by atoms with Gasteiger partial charge in [-0.1, -0.05) is 0 Å². The molecule has 0 aromatic carbocycles. The molecule has 102 valence electrons. The number of hydrogen-bond donors (Lipinski definition) is 1. The van der Waals surface area contributed by atoms with Crippen LogP contribution in [0, 0.1) is 0 Å². The van der Waals surface area contributed by atoms with Gasteiger partial charge in [-0.2, -0.15) is 13.2 Å². The van der Waals surface area contributed by atoms with Crippen LogP contribution in [0.25, 0.3) is 16.8 Å². The summed E-state index contributed by atoms with van der Waals surface area (Å²) in [5.41, 5.74) is 5.02. The molecule has 0 unspecified atom stereocenters. The Labute approximate surface area is 110 Å². The Morgan fingerprint density at radius 1 is 1.15 bits per heavy atom. The van der Waals surface area contributed by atoms with Crippen LogP contribution in [0.3, 0.4) is 0 Å². The summed E-state index contributed by atoms with van der Waals surface area (Å²) in [5.74, 6) is 0.0891. The second kappa shape index (κ2) is 4.15. The lowest BCUT2D eigenvalue weighted by atomic mass is 10.0. The number of nitrogens with two attached hydrogens (primary N) is 1. The number of halogens is 3. The molecule has 0 bridgehead atoms. The molecule has 0 aliphatic rings. The Morgan fingerprint density at radius 3 is 2.70 bits per heavy atom. The second-order valence-electron chi connectivity index (χ2n) is 3.97. The number of nitrogen functional groups attached to an aromatic ring is 1. The van der Waals surface area contributed by atoms with Crippen molar-refractivity contribution in [3.63, 3.8) is 0 Å². The van der Waals surface area contributed by atoms with Gasteiger partial charge in [0.15, 0.2) is 5.65 Å². The summed E-state index contributed by atoms with van der Waals surface area (Å²) in [5, 5.41) is 7.41. The van der Waals surface area contributed by atoms with E-state index in [1.807, 2.05) is 0 Å². The van der Waals surface area contributed by atoms with Gasteiger partial charge >= 0.3 is 6.18 Å². The van der Waals surface area contributed by atoms with E-state index in [2.05, 4.69) is 20.2 Å². The fourth-order valence-corrected chi connectivity index (χ4v) is 1.88. The lowest BCUT2D eigenvalue weighted by Crippen LogP contribution is -2.08. The van der Waals surface area contributed by atoms with E-state index in [-0.39, 0.29) is 22.7 Å². The Kier molecular flexibility index (Phi) is 2.56. The van der Waals surface area contributed by atoms with Crippen molar-refractivity contribution in [3.05, 3.63) is 36.5 Å². The molecule has 0 saturated heterocycles. The zero-order valence-corrected chi connectivity index (χ0v) is 9.83. The first-order chi connectivity index (χ1) is 9.48. The zero-order chi connectivity index (χ0) is 14.3. The van der Waals surface area contributed by atoms with Crippen molar-refractivity contribution >= 4 is 11.6 Å². The minimum absolute atomic E-state index is 0.0891. The van der Waals surface area contributed by atoms with Gasteiger partial charge in [0, 0.05) is 29.7 Å². The lowest BCUT2D eigenvalue weighted by Gasteiger charge is -2.12. The number of aromatic nitrogens is 5. The van der Waals surface area contributed by atoms with Gasteiger partial charge in [-0.05, 0) is 6.07 Å². The largest absolute Gasteiger partial charge is 0.417 e. The number of anilines is 1. The van der Waals surface area contributed by atoms with Crippen molar-refractivity contribution < 1.29 is 13.2 Å². The van der Waals surface area contributed by atoms with Crippen LogP contribution in [0.1, 0.15) is 5.56 Å². The molecule has 3 aromatic heterocycles. The Morgan fingerprint density at radius 2 is 1.95 bits per heavy atom. The quantitative estimate of drug-likeness (QED) is 0.734. The van der Waals surface area contributed by atoms with Crippen molar-refractivity contribution in [2.45, 2.75) is 6.18 Å². The number of rotatable bonds is 1. The molecule has 6 nitrogen and oxygen atoms in total. The third kappa shape index (κ3) is 1.83. The van der Waals surface area contributed by atoms with Gasteiger partial charge < -0.3 is 5.73 Å². The number of nitrogens with zero attached hydrogens (tertiary/aromatic N) is 5. The predicted molar refractivity (Wildman–Crippen MR) is 63.4 cm³/mol. The smallest absolute Gasteiger partial charge is 0.369 e. The van der Waals surface area contributed by atoms with Crippen LogP contribution in [0.15, 0.2) is 31.0 Å². The van der Waals surface area contributed by atoms with Crippen LogP contribution in [-0.2, 0) is 6.18 Å². The number of fused-ring (bicyclic) bond motifs is 1. The maximum atomic E-state index is 13.0. The highest BCUT2D eigenvalue weighted by molar-refractivity contribution is 5.79. The zero-order valence-electron chi connectivity index (χ0n) is 9.83. The van der Waals surface area contributed by atoms with Gasteiger partial charge in [0.25, 0.3) is 0 Å². The maximum absolute atomic E-state index is 13.0. The summed E-state index contributed by atoms with van der Waals surface area (Å²) in [4.78, 5) is 7.58. The average molecular weight is 280 g/mol. The molecular formula is C11H7F3N6. The van der Waals surface area contributed by atoms with Gasteiger partial charge in [-0.15, -0.1) is 10.2 Å². The second-order valence-corrected chi connectivity index (χ2v) is 3.97. The highest BCUT2D eigenvalue weighted by Gasteiger charge is 2.34. The molecule has 0 amide bonds. The monoisotopic (exact) mass is 280 g/mol. The van der Waals surface area contributed by atoms with Crippen molar-refractivity contribution in [2.24, 2.45) is 0 Å². The maximum Gasteiger partial charge on any atom is 0.417 e. The molecular weight excluding hydrogens is 273 g/mol. The molecule has 3 aromatic rings. The van der Waals surface area contributed by atoms with E-state index in [9.17, 15) is 13.2 Å². The number of hydrogen-bond acceptors (Lipinski definition) is 5. The standard InChI is InChI=1S/C11H7F3N6/c12-11(13,14)8-1-2-16-3-6(8)7-4-17-10(15)20-5-18-19-9(7)20/h1-5H,(H2,15,17). The van der Waals surface area contributed by atoms with Gasteiger partial charge in [0.05, 0.1) is 5.56 Å². The minimum atomic E-state index is -4.50. The Bertz CT molecular complexity index is 779. The summed E-state index contributed by atoms with van der Waals surface area (Å²) in [7, 11) is 0. The first-order valence-corrected chi connectivity index (χ1v) is 5.44. The summed E-state index contributed by atoms with van der Waals surface area (Å²) in [6.07, 6.45) is 0.204. The molecule has 9 heteroatoms. The molecule has 2 N–H and O–H groups in total. The Balaban J connectivity index is 2.32. The van der Waals surface area contributed by atoms with Crippen molar-refractivity contribution in [3.8, 4) is 11.1 Å². The van der Waals surface area contributed by atoms with Crippen LogP contribution in [-0.4, -0.2) is 24.6 Å². The summed E-state index contributed by atoms with van der Waals surface area (Å²) in [6.45, 7) is 0. The van der Waals surface area contributed by atoms with Crippen LogP contribution in [0.2, 0.25) is 0 Å². The fourth-order valence-electron chi connectivity index (χ4n) is 1.88. The lowest BCUT2D eigenvalue weighted by molar-refractivity contribution is -0.137. The normalized spacial score (nSPS) is 11.9. The number of alkyl halides is 3. The SMILES string of the molecule is Nc1ncc(-c2cnccc2C(F)(F)F)c2nncn12. The van der Waals surface area contributed by atoms with Crippen molar-refractivity contribution in [2.75, 3.05) is 5.73 Å². The minimum Gasteiger partial charge on any atom is -0.369 e. The van der Waals surface area contributed by atoms with Crippen LogP contribution in [0.5, 0.6) is 0 Å². The molecule has 0 saturated carbocycles. The van der Waals surface area contributed by atoms with Gasteiger partial charge in [-0.3, -0.25) is 9.38 Å². The predicted octanol–water partition coefficient (Wildman–Crippen LogP) is 1.79. The van der Waals surface area contributed by atoms with Crippen LogP contribution in [0.4, 0.5) is 19.1 Å². The molecule has 20 heavy (non-hydrogen) atoms. The Hall–Kier alpha value is -2.71. The van der Waals surface area contributed by atoms with E-state index in [0.717, 1.165) is 18.5 Å². The molecule has 3 heterocycles. The highest BCUT2D eigenvalue weighted by atomic mass is 19.4. The third-order valence-corrected chi connectivity index (χ3v) is 2.78. The van der Waals surface area contributed by atoms with E-state index in [1.54, 1.807) is 0 Å². The molecule has 0 spiro atoms. The average Bonchev–Trinajstić information content (AvgIpc) is 2.88. The number of pyridine rings is 1. The summed E-state index contributed by atoms with van der Waals surface area (Å²) >= 11 is 0. The fraction of sp³-hybridized carbons (Fsp3) is 0.0909. The molecule has 0 fully saturated rings. The van der Waals surface area contributed by atoms with E-state index in [0.29, 0.717) is 0 Å². The first kappa shape index (κ1) is 12.3. The van der Waals surface area contributed by atoms with Gasteiger partial charge in [-0.25, -0.2) is 4.98 Å². The highest BCUT2D eigenvalue weighted by Crippen LogP contribution is 2.37. The van der Waals surface area contributed by atoms with Gasteiger partial charge in [0.1, 0.15) is 6.33 Å². The van der Waals surface area contributed by atoms with Crippen molar-refractivity contribution in [1.29, 1.82) is 0 Å². The van der Waals surface area contributed by atoms with E-state index < -0.39 is 11.7 Å². The van der Waals surface area contributed by atoms with Crippen molar-refractivity contribution in [1.82, 2.24) is 24.6 Å². The summed E-state index contributed by atoms with van der Waals surface area (Å²) < 4.78 is 40.4. The molecule has 0 aliphatic heterocycles. The van der Waals surface area contributed by atoms with E-state index in [1.165, 1.54) is 16.9 Å². The van der Waals surface area contributed by atoms with E-state index in [4.69, 9.17) is 5.73 Å². The molecule has 0 radical (unpaired) electrons. The topological polar surface area (TPSA) is 82.0 Å². The van der Waals surface area contributed by atoms with E-state index >= 15 is 0 Å². The summed E-state index contributed by atoms with van der Waals surface area (Å²) in [6, 6.07) is 0.901. The molecule has 0 atom stereocenters. The first-order valence-electron chi connectivity index (χ1n) is 5.44. The molecule has 0 aliphatic carbocycles.